The third kappa shape index (κ3) is 3.20. The quantitative estimate of drug-likeness (QED) is 0.926. The van der Waals surface area contributed by atoms with Crippen LogP contribution in [0.3, 0.4) is 0 Å². The van der Waals surface area contributed by atoms with Gasteiger partial charge >= 0.3 is 0 Å². The molecule has 1 saturated heterocycles. The summed E-state index contributed by atoms with van der Waals surface area (Å²) < 4.78 is 19.5. The zero-order valence-corrected chi connectivity index (χ0v) is 12.4. The summed E-state index contributed by atoms with van der Waals surface area (Å²) in [6, 6.07) is 3.03. The normalized spacial score (nSPS) is 19.1. The number of anilines is 1. The van der Waals surface area contributed by atoms with Crippen molar-refractivity contribution in [2.75, 3.05) is 32.1 Å². The van der Waals surface area contributed by atoms with Crippen molar-refractivity contribution in [3.63, 3.8) is 0 Å². The Labute approximate surface area is 128 Å². The van der Waals surface area contributed by atoms with E-state index in [9.17, 15) is 4.39 Å². The molecule has 0 aliphatic carbocycles. The zero-order valence-electron chi connectivity index (χ0n) is 12.4. The Morgan fingerprint density at radius 2 is 2.18 bits per heavy atom. The molecule has 3 heterocycles. The molecule has 1 aliphatic heterocycles. The van der Waals surface area contributed by atoms with Crippen molar-refractivity contribution < 1.29 is 9.13 Å². The molecule has 1 aliphatic rings. The average molecular weight is 303 g/mol. The van der Waals surface area contributed by atoms with Gasteiger partial charge in [-0.25, -0.2) is 9.37 Å². The van der Waals surface area contributed by atoms with Gasteiger partial charge in [0.2, 0.25) is 0 Å². The van der Waals surface area contributed by atoms with Crippen LogP contribution >= 0.6 is 0 Å². The van der Waals surface area contributed by atoms with Crippen LogP contribution < -0.4 is 5.32 Å². The number of aromatic nitrogens is 3. The summed E-state index contributed by atoms with van der Waals surface area (Å²) in [4.78, 5) is 14.8. The van der Waals surface area contributed by atoms with Gasteiger partial charge in [0, 0.05) is 45.3 Å². The first-order valence-corrected chi connectivity index (χ1v) is 7.20. The van der Waals surface area contributed by atoms with E-state index in [-0.39, 0.29) is 11.9 Å². The standard InChI is InChI=1S/C15H18FN5O/c1-17-15-14(19-5-6-20-15)13-10-21(7-8-22-13)9-12-11(16)3-2-4-18-12/h2-6,13H,7-10H2,1H3,(H,17,20)/t13-/m0/s1. The van der Waals surface area contributed by atoms with E-state index in [0.29, 0.717) is 31.2 Å². The van der Waals surface area contributed by atoms with Crippen LogP contribution in [0.4, 0.5) is 10.2 Å². The molecule has 6 nitrogen and oxygen atoms in total. The fourth-order valence-electron chi connectivity index (χ4n) is 2.54. The van der Waals surface area contributed by atoms with Gasteiger partial charge in [-0.2, -0.15) is 0 Å². The lowest BCUT2D eigenvalue weighted by Crippen LogP contribution is -2.38. The molecule has 1 N–H and O–H groups in total. The van der Waals surface area contributed by atoms with E-state index in [1.165, 1.54) is 6.07 Å². The molecule has 7 heteroatoms. The summed E-state index contributed by atoms with van der Waals surface area (Å²) in [6.45, 7) is 2.39. The van der Waals surface area contributed by atoms with E-state index in [2.05, 4.69) is 25.2 Å². The van der Waals surface area contributed by atoms with Gasteiger partial charge in [0.05, 0.1) is 12.3 Å². The molecule has 0 unspecified atom stereocenters. The van der Waals surface area contributed by atoms with E-state index in [1.807, 2.05) is 0 Å². The van der Waals surface area contributed by atoms with Crippen LogP contribution in [0.5, 0.6) is 0 Å². The largest absolute Gasteiger partial charge is 0.372 e. The third-order valence-corrected chi connectivity index (χ3v) is 3.63. The summed E-state index contributed by atoms with van der Waals surface area (Å²) in [5.74, 6) is 0.430. The Morgan fingerprint density at radius 3 is 3.00 bits per heavy atom. The Bertz CT molecular complexity index is 639. The minimum Gasteiger partial charge on any atom is -0.372 e. The summed E-state index contributed by atoms with van der Waals surface area (Å²) in [5, 5.41) is 3.02. The van der Waals surface area contributed by atoms with Gasteiger partial charge in [0.25, 0.3) is 0 Å². The Hall–Kier alpha value is -2.12. The maximum absolute atomic E-state index is 13.7. The van der Waals surface area contributed by atoms with Crippen molar-refractivity contribution in [1.29, 1.82) is 0 Å². The number of ether oxygens (including phenoxy) is 1. The van der Waals surface area contributed by atoms with Crippen molar-refractivity contribution in [3.8, 4) is 0 Å². The summed E-state index contributed by atoms with van der Waals surface area (Å²) in [6.07, 6.45) is 4.71. The summed E-state index contributed by atoms with van der Waals surface area (Å²) in [5.41, 5.74) is 1.23. The first-order valence-electron chi connectivity index (χ1n) is 7.20. The maximum atomic E-state index is 13.7. The molecule has 0 aromatic carbocycles. The number of halogens is 1. The SMILES string of the molecule is CNc1nccnc1[C@@H]1CN(Cc2ncccc2F)CCO1. The molecular weight excluding hydrogens is 285 g/mol. The number of pyridine rings is 1. The van der Waals surface area contributed by atoms with Crippen LogP contribution in [-0.4, -0.2) is 46.6 Å². The fraction of sp³-hybridized carbons (Fsp3) is 0.400. The second-order valence-electron chi connectivity index (χ2n) is 5.07. The van der Waals surface area contributed by atoms with Crippen LogP contribution in [0, 0.1) is 5.82 Å². The minimum atomic E-state index is -0.277. The predicted octanol–water partition coefficient (Wildman–Crippen LogP) is 1.63. The van der Waals surface area contributed by atoms with Gasteiger partial charge in [-0.3, -0.25) is 14.9 Å². The molecule has 1 atom stereocenters. The lowest BCUT2D eigenvalue weighted by Gasteiger charge is -2.32. The molecule has 0 spiro atoms. The molecule has 1 fully saturated rings. The van der Waals surface area contributed by atoms with E-state index < -0.39 is 0 Å². The third-order valence-electron chi connectivity index (χ3n) is 3.63. The number of morpholine rings is 1. The van der Waals surface area contributed by atoms with Crippen LogP contribution in [-0.2, 0) is 11.3 Å². The first-order chi connectivity index (χ1) is 10.8. The molecular formula is C15H18FN5O. The minimum absolute atomic E-state index is 0.184. The van der Waals surface area contributed by atoms with Gasteiger partial charge < -0.3 is 10.1 Å². The number of hydrogen-bond acceptors (Lipinski definition) is 6. The second kappa shape index (κ2) is 6.76. The lowest BCUT2D eigenvalue weighted by molar-refractivity contribution is -0.0354. The van der Waals surface area contributed by atoms with Crippen molar-refractivity contribution in [2.45, 2.75) is 12.6 Å². The topological polar surface area (TPSA) is 63.2 Å². The molecule has 0 radical (unpaired) electrons. The highest BCUT2D eigenvalue weighted by Crippen LogP contribution is 2.25. The van der Waals surface area contributed by atoms with Gasteiger partial charge in [0.1, 0.15) is 23.4 Å². The molecule has 22 heavy (non-hydrogen) atoms. The van der Waals surface area contributed by atoms with Crippen molar-refractivity contribution >= 4 is 5.82 Å². The summed E-state index contributed by atoms with van der Waals surface area (Å²) in [7, 11) is 1.80. The first kappa shape index (κ1) is 14.8. The Morgan fingerprint density at radius 1 is 1.32 bits per heavy atom. The van der Waals surface area contributed by atoms with E-state index in [4.69, 9.17) is 4.74 Å². The van der Waals surface area contributed by atoms with E-state index in [1.54, 1.807) is 31.7 Å². The average Bonchev–Trinajstić information content (AvgIpc) is 2.57. The smallest absolute Gasteiger partial charge is 0.150 e. The molecule has 0 amide bonds. The van der Waals surface area contributed by atoms with Gasteiger partial charge in [-0.05, 0) is 12.1 Å². The number of nitrogens with one attached hydrogen (secondary N) is 1. The Balaban J connectivity index is 1.73. The van der Waals surface area contributed by atoms with Crippen molar-refractivity contribution in [1.82, 2.24) is 19.9 Å². The van der Waals surface area contributed by atoms with Gasteiger partial charge in [-0.15, -0.1) is 0 Å². The number of hydrogen-bond donors (Lipinski definition) is 1. The highest BCUT2D eigenvalue weighted by atomic mass is 19.1. The Kier molecular flexibility index (Phi) is 4.55. The maximum Gasteiger partial charge on any atom is 0.150 e. The molecule has 3 rings (SSSR count). The monoisotopic (exact) mass is 303 g/mol. The molecule has 2 aromatic rings. The summed E-state index contributed by atoms with van der Waals surface area (Å²) >= 11 is 0. The van der Waals surface area contributed by atoms with E-state index >= 15 is 0 Å². The number of rotatable bonds is 4. The highest BCUT2D eigenvalue weighted by molar-refractivity contribution is 5.40. The van der Waals surface area contributed by atoms with Crippen LogP contribution in [0.1, 0.15) is 17.5 Å². The second-order valence-corrected chi connectivity index (χ2v) is 5.07. The molecule has 0 saturated carbocycles. The lowest BCUT2D eigenvalue weighted by atomic mass is 10.2. The van der Waals surface area contributed by atoms with Gasteiger partial charge in [0.15, 0.2) is 0 Å². The van der Waals surface area contributed by atoms with Crippen LogP contribution in [0.25, 0.3) is 0 Å². The molecule has 116 valence electrons. The van der Waals surface area contributed by atoms with Crippen molar-refractivity contribution in [3.05, 3.63) is 47.9 Å². The molecule has 0 bridgehead atoms. The fourth-order valence-corrected chi connectivity index (χ4v) is 2.54. The molecule has 2 aromatic heterocycles. The number of nitrogens with zero attached hydrogens (tertiary/aromatic N) is 4. The predicted molar refractivity (Wildman–Crippen MR) is 79.7 cm³/mol. The zero-order chi connectivity index (χ0) is 15.4. The van der Waals surface area contributed by atoms with Crippen LogP contribution in [0.15, 0.2) is 30.7 Å². The highest BCUT2D eigenvalue weighted by Gasteiger charge is 2.26. The van der Waals surface area contributed by atoms with Gasteiger partial charge in [-0.1, -0.05) is 0 Å². The van der Waals surface area contributed by atoms with Crippen molar-refractivity contribution in [2.24, 2.45) is 0 Å². The van der Waals surface area contributed by atoms with Crippen LogP contribution in [0.2, 0.25) is 0 Å². The van der Waals surface area contributed by atoms with E-state index in [0.717, 1.165) is 12.2 Å².